The van der Waals surface area contributed by atoms with Gasteiger partial charge in [0.2, 0.25) is 0 Å². The van der Waals surface area contributed by atoms with Crippen LogP contribution in [-0.4, -0.2) is 19.3 Å². The van der Waals surface area contributed by atoms with Gasteiger partial charge in [-0.25, -0.2) is 9.67 Å². The summed E-state index contributed by atoms with van der Waals surface area (Å²) in [4.78, 5) is 4.81. The van der Waals surface area contributed by atoms with E-state index in [-0.39, 0.29) is 5.41 Å². The molecule has 0 N–H and O–H groups in total. The maximum atomic E-state index is 6.70. The molecule has 0 fully saturated rings. The van der Waals surface area contributed by atoms with E-state index >= 15 is 0 Å². The Morgan fingerprint density at radius 3 is 2.29 bits per heavy atom. The number of hydrogen-bond acceptors (Lipinski definition) is 3. The Morgan fingerprint density at radius 2 is 1.56 bits per heavy atom. The normalized spacial score (nSPS) is 12.6. The van der Waals surface area contributed by atoms with Crippen LogP contribution in [0, 0.1) is 26.2 Å². The van der Waals surface area contributed by atoms with E-state index in [0.717, 1.165) is 51.8 Å². The van der Waals surface area contributed by atoms with Crippen molar-refractivity contribution in [3.8, 4) is 34.1 Å². The van der Waals surface area contributed by atoms with Crippen molar-refractivity contribution in [1.82, 2.24) is 19.3 Å². The van der Waals surface area contributed by atoms with E-state index in [0.29, 0.717) is 5.92 Å². The number of rotatable bonds is 7. The van der Waals surface area contributed by atoms with E-state index in [4.69, 9.17) is 14.8 Å². The van der Waals surface area contributed by atoms with Crippen molar-refractivity contribution in [2.75, 3.05) is 0 Å². The van der Waals surface area contributed by atoms with Crippen molar-refractivity contribution in [3.63, 3.8) is 0 Å². The van der Waals surface area contributed by atoms with Gasteiger partial charge in [-0.2, -0.15) is 5.10 Å². The van der Waals surface area contributed by atoms with E-state index in [1.807, 2.05) is 23.0 Å². The highest BCUT2D eigenvalue weighted by molar-refractivity contribution is 6.09. The van der Waals surface area contributed by atoms with Gasteiger partial charge in [0.05, 0.1) is 22.4 Å². The molecule has 1 unspecified atom stereocenters. The highest BCUT2D eigenvalue weighted by Crippen LogP contribution is 2.40. The minimum Gasteiger partial charge on any atom is -0.457 e. The predicted molar refractivity (Wildman–Crippen MR) is 199 cm³/mol. The quantitative estimate of drug-likeness (QED) is 0.176. The Kier molecular flexibility index (Phi) is 7.95. The third-order valence-corrected chi connectivity index (χ3v) is 9.88. The predicted octanol–water partition coefficient (Wildman–Crippen LogP) is 11.5. The van der Waals surface area contributed by atoms with Gasteiger partial charge in [-0.05, 0) is 109 Å². The van der Waals surface area contributed by atoms with Gasteiger partial charge in [0.25, 0.3) is 0 Å². The van der Waals surface area contributed by atoms with Gasteiger partial charge in [0.1, 0.15) is 17.3 Å². The van der Waals surface area contributed by atoms with Gasteiger partial charge >= 0.3 is 0 Å². The number of benzene rings is 4. The first-order chi connectivity index (χ1) is 23.0. The lowest BCUT2D eigenvalue weighted by molar-refractivity contribution is 0.340. The third kappa shape index (κ3) is 5.68. The molecule has 0 saturated heterocycles. The van der Waals surface area contributed by atoms with Crippen LogP contribution in [0.5, 0.6) is 11.5 Å². The molecule has 5 nitrogen and oxygen atoms in total. The molecule has 0 aliphatic heterocycles. The second-order valence-corrected chi connectivity index (χ2v) is 14.2. The van der Waals surface area contributed by atoms with Crippen LogP contribution in [-0.2, 0) is 6.42 Å². The zero-order valence-corrected chi connectivity index (χ0v) is 29.3. The Labute approximate surface area is 283 Å². The number of aryl methyl sites for hydroxylation is 3. The lowest BCUT2D eigenvalue weighted by Crippen LogP contribution is -2.15. The fourth-order valence-corrected chi connectivity index (χ4v) is 6.82. The fourth-order valence-electron chi connectivity index (χ4n) is 6.82. The van der Waals surface area contributed by atoms with Crippen LogP contribution in [0.1, 0.15) is 68.6 Å². The smallest absolute Gasteiger partial charge is 0.137 e. The van der Waals surface area contributed by atoms with Crippen LogP contribution in [0.25, 0.3) is 44.4 Å². The maximum absolute atomic E-state index is 6.70. The molecule has 7 aromatic rings. The van der Waals surface area contributed by atoms with Gasteiger partial charge < -0.3 is 4.74 Å². The molecule has 5 heteroatoms. The molecule has 48 heavy (non-hydrogen) atoms. The van der Waals surface area contributed by atoms with Crippen LogP contribution in [0.3, 0.4) is 0 Å². The number of pyridine rings is 1. The minimum absolute atomic E-state index is 0.160. The van der Waals surface area contributed by atoms with Gasteiger partial charge in [-0.1, -0.05) is 71.0 Å². The summed E-state index contributed by atoms with van der Waals surface area (Å²) in [5.74, 6) is 2.87. The summed E-state index contributed by atoms with van der Waals surface area (Å²) < 4.78 is 11.0. The van der Waals surface area contributed by atoms with Crippen LogP contribution >= 0.6 is 0 Å². The molecule has 0 saturated carbocycles. The summed E-state index contributed by atoms with van der Waals surface area (Å²) >= 11 is 0. The van der Waals surface area contributed by atoms with Gasteiger partial charge in [-0.15, -0.1) is 0 Å². The van der Waals surface area contributed by atoms with Crippen molar-refractivity contribution in [2.45, 2.75) is 67.7 Å². The minimum atomic E-state index is 0.160. The standard InChI is InChI=1S/C43H44N4O/c1-9-31-22-34(47-30(5)42(29(4)45-47)32-13-11-10-12-14-32)25-36(23-31)48-35-16-17-37-38-24-33(28(3)43(6,7)8)15-18-39(38)46(40(37)26-35)41-21-27(2)19-20-44-41/h10-26,28H,9H2,1-8H3. The molecular weight excluding hydrogens is 589 g/mol. The Balaban J connectivity index is 1.34. The highest BCUT2D eigenvalue weighted by Gasteiger charge is 2.23. The van der Waals surface area contributed by atoms with E-state index in [2.05, 4.69) is 145 Å². The summed E-state index contributed by atoms with van der Waals surface area (Å²) in [5, 5.41) is 7.39. The van der Waals surface area contributed by atoms with Crippen LogP contribution in [0.2, 0.25) is 0 Å². The summed E-state index contributed by atoms with van der Waals surface area (Å²) in [7, 11) is 0. The molecule has 3 heterocycles. The van der Waals surface area contributed by atoms with Crippen LogP contribution in [0.15, 0.2) is 103 Å². The first-order valence-electron chi connectivity index (χ1n) is 17.0. The molecule has 242 valence electrons. The Morgan fingerprint density at radius 1 is 0.771 bits per heavy atom. The zero-order chi connectivity index (χ0) is 33.7. The number of ether oxygens (including phenoxy) is 1. The van der Waals surface area contributed by atoms with E-state index < -0.39 is 0 Å². The van der Waals surface area contributed by atoms with Gasteiger partial charge in [-0.3, -0.25) is 4.57 Å². The summed E-state index contributed by atoms with van der Waals surface area (Å²) in [5.41, 5.74) is 11.5. The Bertz CT molecular complexity index is 2280. The van der Waals surface area contributed by atoms with E-state index in [1.54, 1.807) is 0 Å². The largest absolute Gasteiger partial charge is 0.457 e. The maximum Gasteiger partial charge on any atom is 0.137 e. The molecular formula is C43H44N4O. The third-order valence-electron chi connectivity index (χ3n) is 9.88. The number of nitrogens with zero attached hydrogens (tertiary/aromatic N) is 4. The molecule has 4 aromatic carbocycles. The van der Waals surface area contributed by atoms with Gasteiger partial charge in [0.15, 0.2) is 0 Å². The monoisotopic (exact) mass is 632 g/mol. The zero-order valence-electron chi connectivity index (χ0n) is 29.3. The molecule has 0 bridgehead atoms. The molecule has 1 atom stereocenters. The molecule has 0 amide bonds. The average Bonchev–Trinajstić information content (AvgIpc) is 3.56. The summed E-state index contributed by atoms with van der Waals surface area (Å²) in [6, 6.07) is 34.5. The Hall–Kier alpha value is -5.16. The van der Waals surface area contributed by atoms with Crippen LogP contribution < -0.4 is 4.74 Å². The molecule has 0 aliphatic rings. The van der Waals surface area contributed by atoms with Gasteiger partial charge in [0, 0.05) is 40.4 Å². The first kappa shape index (κ1) is 31.4. The molecule has 0 aliphatic carbocycles. The number of hydrogen-bond donors (Lipinski definition) is 0. The topological polar surface area (TPSA) is 44.9 Å². The second kappa shape index (κ2) is 12.1. The molecule has 7 rings (SSSR count). The SMILES string of the molecule is CCc1cc(Oc2ccc3c4cc(C(C)C(C)(C)C)ccc4n(-c4cc(C)ccn4)c3c2)cc(-n2nc(C)c(-c3ccccc3)c2C)c1. The van der Waals surface area contributed by atoms with E-state index in [1.165, 1.54) is 38.6 Å². The average molecular weight is 633 g/mol. The lowest BCUT2D eigenvalue weighted by Gasteiger charge is -2.27. The first-order valence-corrected chi connectivity index (χ1v) is 17.0. The highest BCUT2D eigenvalue weighted by atomic mass is 16.5. The number of aromatic nitrogens is 4. The van der Waals surface area contributed by atoms with Crippen molar-refractivity contribution >= 4 is 21.8 Å². The van der Waals surface area contributed by atoms with Crippen molar-refractivity contribution in [3.05, 3.63) is 131 Å². The van der Waals surface area contributed by atoms with Crippen LogP contribution in [0.4, 0.5) is 0 Å². The molecule has 3 aromatic heterocycles. The summed E-state index contributed by atoms with van der Waals surface area (Å²) in [6.45, 7) is 17.7. The lowest BCUT2D eigenvalue weighted by atomic mass is 9.77. The fraction of sp³-hybridized carbons (Fsp3) is 0.256. The van der Waals surface area contributed by atoms with Crippen molar-refractivity contribution in [2.24, 2.45) is 5.41 Å². The second-order valence-electron chi connectivity index (χ2n) is 14.2. The van der Waals surface area contributed by atoms with Crippen molar-refractivity contribution in [1.29, 1.82) is 0 Å². The molecule has 0 spiro atoms. The summed E-state index contributed by atoms with van der Waals surface area (Å²) in [6.07, 6.45) is 2.77. The number of fused-ring (bicyclic) bond motifs is 3. The molecule has 0 radical (unpaired) electrons. The van der Waals surface area contributed by atoms with E-state index in [9.17, 15) is 0 Å². The van der Waals surface area contributed by atoms with Crippen molar-refractivity contribution < 1.29 is 4.74 Å².